The van der Waals surface area contributed by atoms with Gasteiger partial charge in [0, 0.05) is 12.8 Å². The van der Waals surface area contributed by atoms with E-state index in [1.165, 1.54) is 12.1 Å². The topological polar surface area (TPSA) is 151 Å². The number of nitrogens with zero attached hydrogens (tertiary/aromatic N) is 3. The van der Waals surface area contributed by atoms with Crippen LogP contribution in [0.1, 0.15) is 43.9 Å². The number of aromatic nitrogens is 2. The first kappa shape index (κ1) is 27.2. The lowest BCUT2D eigenvalue weighted by Gasteiger charge is -2.19. The van der Waals surface area contributed by atoms with E-state index in [4.69, 9.17) is 15.6 Å². The lowest BCUT2D eigenvalue weighted by Crippen LogP contribution is -2.32. The van der Waals surface area contributed by atoms with Crippen LogP contribution in [-0.2, 0) is 22.2 Å². The number of aliphatic carboxylic acids is 1. The van der Waals surface area contributed by atoms with Crippen LogP contribution < -0.4 is 15.8 Å². The Kier molecular flexibility index (Phi) is 9.59. The van der Waals surface area contributed by atoms with Crippen LogP contribution in [0.4, 0.5) is 24.9 Å². The van der Waals surface area contributed by atoms with Gasteiger partial charge in [-0.15, -0.1) is 0 Å². The van der Waals surface area contributed by atoms with E-state index in [0.29, 0.717) is 0 Å². The van der Waals surface area contributed by atoms with Gasteiger partial charge in [-0.1, -0.05) is 25.6 Å². The summed E-state index contributed by atoms with van der Waals surface area (Å²) in [5.41, 5.74) is 4.68. The number of carboxylic acids is 1. The van der Waals surface area contributed by atoms with E-state index in [1.807, 2.05) is 6.07 Å². The fourth-order valence-electron chi connectivity index (χ4n) is 2.83. The van der Waals surface area contributed by atoms with Crippen molar-refractivity contribution in [3.05, 3.63) is 41.0 Å². The minimum atomic E-state index is -4.57. The normalized spacial score (nSPS) is 11.6. The van der Waals surface area contributed by atoms with E-state index in [2.05, 4.69) is 15.3 Å². The smallest absolute Gasteiger partial charge is 0.416 e. The third kappa shape index (κ3) is 7.64. The average Bonchev–Trinajstić information content (AvgIpc) is 2.70. The van der Waals surface area contributed by atoms with Gasteiger partial charge in [0.2, 0.25) is 11.8 Å². The number of carbonyl (C=O) groups is 2. The Morgan fingerprint density at radius 2 is 2.03 bits per heavy atom. The van der Waals surface area contributed by atoms with Gasteiger partial charge in [0.05, 0.1) is 18.2 Å². The highest BCUT2D eigenvalue weighted by molar-refractivity contribution is 5.89. The van der Waals surface area contributed by atoms with E-state index in [-0.39, 0.29) is 49.2 Å². The first-order valence-corrected chi connectivity index (χ1v) is 9.42. The van der Waals surface area contributed by atoms with Crippen LogP contribution in [0.3, 0.4) is 0 Å². The molecule has 1 atom stereocenters. The molecule has 1 aromatic carbocycles. The molecule has 178 valence electrons. The van der Waals surface area contributed by atoms with Crippen LogP contribution in [0.2, 0.25) is 0 Å². The summed E-state index contributed by atoms with van der Waals surface area (Å²) in [6.07, 6.45) is -5.59. The number of Topliss-reactive ketones (excluding diaryl/α,β-unsaturated/α-hetero) is 1. The SMILES string of the molecule is C.CCOc1nc(N)nc(N[C@@H](CCC(=O)O)C(=O)Cc2cccc(C(F)(F)F)c2)c1C#N. The molecule has 0 bridgehead atoms. The molecule has 33 heavy (non-hydrogen) atoms. The van der Waals surface area contributed by atoms with Crippen LogP contribution in [0.25, 0.3) is 0 Å². The van der Waals surface area contributed by atoms with Crippen molar-refractivity contribution in [1.29, 1.82) is 5.26 Å². The van der Waals surface area contributed by atoms with Gasteiger partial charge in [-0.05, 0) is 25.0 Å². The van der Waals surface area contributed by atoms with Crippen LogP contribution in [0.5, 0.6) is 5.88 Å². The number of hydrogen-bond donors (Lipinski definition) is 3. The van der Waals surface area contributed by atoms with Gasteiger partial charge in [0.25, 0.3) is 0 Å². The predicted octanol–water partition coefficient (Wildman–Crippen LogP) is 3.44. The van der Waals surface area contributed by atoms with Gasteiger partial charge in [-0.3, -0.25) is 9.59 Å². The highest BCUT2D eigenvalue weighted by Gasteiger charge is 2.31. The van der Waals surface area contributed by atoms with Crippen LogP contribution in [0, 0.1) is 11.3 Å². The molecule has 2 aromatic rings. The fraction of sp³-hybridized carbons (Fsp3) is 0.381. The quantitative estimate of drug-likeness (QED) is 0.477. The Morgan fingerprint density at radius 3 is 2.61 bits per heavy atom. The Labute approximate surface area is 188 Å². The molecule has 0 spiro atoms. The number of nitrogens with one attached hydrogen (secondary N) is 1. The van der Waals surface area contributed by atoms with Crippen LogP contribution in [0.15, 0.2) is 24.3 Å². The molecule has 0 unspecified atom stereocenters. The van der Waals surface area contributed by atoms with E-state index >= 15 is 0 Å². The maximum Gasteiger partial charge on any atom is 0.416 e. The molecule has 1 aromatic heterocycles. The highest BCUT2D eigenvalue weighted by Crippen LogP contribution is 2.30. The summed E-state index contributed by atoms with van der Waals surface area (Å²) in [6.45, 7) is 1.82. The lowest BCUT2D eigenvalue weighted by molar-refractivity contribution is -0.138. The molecule has 12 heteroatoms. The zero-order valence-corrected chi connectivity index (χ0v) is 16.9. The van der Waals surface area contributed by atoms with Gasteiger partial charge in [-0.25, -0.2) is 0 Å². The van der Waals surface area contributed by atoms with Crippen molar-refractivity contribution in [2.45, 2.75) is 45.8 Å². The molecule has 0 aliphatic carbocycles. The summed E-state index contributed by atoms with van der Waals surface area (Å²) >= 11 is 0. The van der Waals surface area contributed by atoms with E-state index in [9.17, 15) is 28.0 Å². The number of ketones is 1. The van der Waals surface area contributed by atoms with Crippen molar-refractivity contribution in [1.82, 2.24) is 9.97 Å². The molecule has 2 rings (SSSR count). The zero-order valence-electron chi connectivity index (χ0n) is 16.9. The average molecular weight is 467 g/mol. The number of carboxylic acid groups (broad SMARTS) is 1. The maximum absolute atomic E-state index is 13.0. The summed E-state index contributed by atoms with van der Waals surface area (Å²) in [4.78, 5) is 31.6. The van der Waals surface area contributed by atoms with Crippen molar-refractivity contribution < 1.29 is 32.6 Å². The van der Waals surface area contributed by atoms with Gasteiger partial charge < -0.3 is 20.9 Å². The molecule has 4 N–H and O–H groups in total. The number of hydrogen-bond acceptors (Lipinski definition) is 8. The standard InChI is InChI=1S/C20H20F3N5O4.CH4/c1-2-32-18-13(10-24)17(27-19(25)28-18)26-14(6-7-16(30)31)15(29)9-11-4-3-5-12(8-11)20(21,22)23;/h3-5,8,14H,2,6-7,9H2,1H3,(H,30,31)(H3,25,26,27,28);1H4/t14-;/m0./s1. The second-order valence-electron chi connectivity index (χ2n) is 6.63. The molecular weight excluding hydrogens is 443 g/mol. The predicted molar refractivity (Wildman–Crippen MR) is 113 cm³/mol. The molecule has 0 fully saturated rings. The number of anilines is 2. The Hall–Kier alpha value is -3.88. The number of nitriles is 1. The van der Waals surface area contributed by atoms with Gasteiger partial charge in [-0.2, -0.15) is 28.4 Å². The molecule has 0 aliphatic heterocycles. The van der Waals surface area contributed by atoms with E-state index in [1.54, 1.807) is 6.92 Å². The first-order valence-electron chi connectivity index (χ1n) is 9.42. The molecule has 1 heterocycles. The number of ether oxygens (including phenoxy) is 1. The Morgan fingerprint density at radius 1 is 1.33 bits per heavy atom. The number of nitrogens with two attached hydrogens (primary N) is 1. The molecule has 0 saturated heterocycles. The van der Waals surface area contributed by atoms with E-state index in [0.717, 1.165) is 12.1 Å². The maximum atomic E-state index is 13.0. The van der Waals surface area contributed by atoms with Crippen molar-refractivity contribution in [3.8, 4) is 11.9 Å². The number of nitrogen functional groups attached to an aromatic ring is 1. The number of carbonyl (C=O) groups excluding carboxylic acids is 1. The molecular formula is C21H24F3N5O4. The zero-order chi connectivity index (χ0) is 23.9. The number of rotatable bonds is 10. The van der Waals surface area contributed by atoms with Crippen LogP contribution in [-0.4, -0.2) is 39.5 Å². The van der Waals surface area contributed by atoms with Gasteiger partial charge in [0.15, 0.2) is 17.2 Å². The summed E-state index contributed by atoms with van der Waals surface area (Å²) in [6, 6.07) is 4.94. The molecule has 0 saturated carbocycles. The van der Waals surface area contributed by atoms with Crippen LogP contribution >= 0.6 is 0 Å². The highest BCUT2D eigenvalue weighted by atomic mass is 19.4. The molecule has 0 aliphatic rings. The minimum Gasteiger partial charge on any atom is -0.481 e. The molecule has 0 radical (unpaired) electrons. The summed E-state index contributed by atoms with van der Waals surface area (Å²) in [5, 5.41) is 21.1. The first-order chi connectivity index (χ1) is 15.0. The monoisotopic (exact) mass is 467 g/mol. The number of halogens is 3. The fourth-order valence-corrected chi connectivity index (χ4v) is 2.83. The van der Waals surface area contributed by atoms with Gasteiger partial charge >= 0.3 is 12.1 Å². The van der Waals surface area contributed by atoms with Crippen molar-refractivity contribution in [2.75, 3.05) is 17.7 Å². The molecule has 9 nitrogen and oxygen atoms in total. The van der Waals surface area contributed by atoms with Gasteiger partial charge in [0.1, 0.15) is 6.07 Å². The van der Waals surface area contributed by atoms with E-state index < -0.39 is 42.4 Å². The Bertz CT molecular complexity index is 1040. The lowest BCUT2D eigenvalue weighted by atomic mass is 9.98. The van der Waals surface area contributed by atoms with Crippen molar-refractivity contribution >= 4 is 23.5 Å². The van der Waals surface area contributed by atoms with Crippen molar-refractivity contribution in [3.63, 3.8) is 0 Å². The number of alkyl halides is 3. The summed E-state index contributed by atoms with van der Waals surface area (Å²) in [5.74, 6) is -2.29. The second-order valence-corrected chi connectivity index (χ2v) is 6.63. The third-order valence-corrected chi connectivity index (χ3v) is 4.27. The van der Waals surface area contributed by atoms with Crippen molar-refractivity contribution in [2.24, 2.45) is 0 Å². The second kappa shape index (κ2) is 11.7. The third-order valence-electron chi connectivity index (χ3n) is 4.27. The number of benzene rings is 1. The minimum absolute atomic E-state index is 0. The summed E-state index contributed by atoms with van der Waals surface area (Å²) in [7, 11) is 0. The Balaban J connectivity index is 0.00000544. The summed E-state index contributed by atoms with van der Waals surface area (Å²) < 4.78 is 44.1. The molecule has 0 amide bonds. The largest absolute Gasteiger partial charge is 0.481 e.